The van der Waals surface area contributed by atoms with Gasteiger partial charge in [-0.3, -0.25) is 4.98 Å². The second kappa shape index (κ2) is 5.43. The lowest BCUT2D eigenvalue weighted by molar-refractivity contribution is 0.738. The molecule has 0 saturated heterocycles. The van der Waals surface area contributed by atoms with E-state index in [0.29, 0.717) is 0 Å². The van der Waals surface area contributed by atoms with Gasteiger partial charge in [-0.05, 0) is 48.2 Å². The topological polar surface area (TPSA) is 38.9 Å². The van der Waals surface area contributed by atoms with Crippen molar-refractivity contribution in [3.05, 3.63) is 66.4 Å². The van der Waals surface area contributed by atoms with Crippen molar-refractivity contribution in [1.82, 2.24) is 4.98 Å². The summed E-state index contributed by atoms with van der Waals surface area (Å²) in [4.78, 5) is 4.35. The number of benzene rings is 2. The quantitative estimate of drug-likeness (QED) is 0.780. The van der Waals surface area contributed by atoms with Gasteiger partial charge in [0.05, 0.1) is 5.52 Å². The average Bonchev–Trinajstić information content (AvgIpc) is 2.47. The van der Waals surface area contributed by atoms with Crippen LogP contribution in [-0.2, 0) is 6.42 Å². The molecule has 2 aromatic carbocycles. The van der Waals surface area contributed by atoms with Gasteiger partial charge in [0.15, 0.2) is 0 Å². The number of hydrogen-bond donors (Lipinski definition) is 1. The van der Waals surface area contributed by atoms with E-state index >= 15 is 0 Å². The van der Waals surface area contributed by atoms with Crippen LogP contribution >= 0.6 is 0 Å². The van der Waals surface area contributed by atoms with Gasteiger partial charge in [0, 0.05) is 17.6 Å². The third-order valence-corrected chi connectivity index (χ3v) is 3.45. The molecule has 0 aliphatic rings. The highest BCUT2D eigenvalue weighted by Gasteiger charge is 2.02. The Morgan fingerprint density at radius 3 is 2.50 bits per heavy atom. The first-order valence-electron chi connectivity index (χ1n) is 6.92. The van der Waals surface area contributed by atoms with Crippen LogP contribution in [0.5, 0.6) is 0 Å². The van der Waals surface area contributed by atoms with Crippen molar-refractivity contribution in [2.45, 2.75) is 19.4 Å². The SMILES string of the molecule is CC(N)Cc1ccc(-c2ccc3ncccc3c2)cc1. The number of nitrogens with zero attached hydrogens (tertiary/aromatic N) is 1. The van der Waals surface area contributed by atoms with Crippen molar-refractivity contribution < 1.29 is 0 Å². The molecule has 1 aromatic heterocycles. The fourth-order valence-corrected chi connectivity index (χ4v) is 2.46. The lowest BCUT2D eigenvalue weighted by atomic mass is 10.00. The number of rotatable bonds is 3. The van der Waals surface area contributed by atoms with Gasteiger partial charge in [0.1, 0.15) is 0 Å². The molecule has 3 rings (SSSR count). The van der Waals surface area contributed by atoms with Crippen molar-refractivity contribution in [2.75, 3.05) is 0 Å². The summed E-state index contributed by atoms with van der Waals surface area (Å²) < 4.78 is 0. The number of aromatic nitrogens is 1. The average molecular weight is 262 g/mol. The number of fused-ring (bicyclic) bond motifs is 1. The molecular formula is C18H18N2. The molecule has 20 heavy (non-hydrogen) atoms. The Morgan fingerprint density at radius 2 is 1.75 bits per heavy atom. The molecule has 0 saturated carbocycles. The Morgan fingerprint density at radius 1 is 1.00 bits per heavy atom. The van der Waals surface area contributed by atoms with Crippen LogP contribution in [0.3, 0.4) is 0 Å². The maximum Gasteiger partial charge on any atom is 0.0702 e. The van der Waals surface area contributed by atoms with Crippen molar-refractivity contribution in [3.63, 3.8) is 0 Å². The minimum atomic E-state index is 0.201. The highest BCUT2D eigenvalue weighted by atomic mass is 14.6. The molecular weight excluding hydrogens is 244 g/mol. The van der Waals surface area contributed by atoms with Gasteiger partial charge in [-0.25, -0.2) is 0 Å². The van der Waals surface area contributed by atoms with E-state index in [4.69, 9.17) is 5.73 Å². The predicted octanol–water partition coefficient (Wildman–Crippen LogP) is 3.79. The summed E-state index contributed by atoms with van der Waals surface area (Å²) >= 11 is 0. The molecule has 1 atom stereocenters. The minimum Gasteiger partial charge on any atom is -0.328 e. The number of pyridine rings is 1. The summed E-state index contributed by atoms with van der Waals surface area (Å²) in [5, 5.41) is 1.17. The van der Waals surface area contributed by atoms with Crippen molar-refractivity contribution in [1.29, 1.82) is 0 Å². The second-order valence-corrected chi connectivity index (χ2v) is 5.29. The third-order valence-electron chi connectivity index (χ3n) is 3.45. The Hall–Kier alpha value is -2.19. The molecule has 0 aliphatic carbocycles. The summed E-state index contributed by atoms with van der Waals surface area (Å²) in [5.74, 6) is 0. The number of nitrogens with two attached hydrogens (primary N) is 1. The zero-order valence-electron chi connectivity index (χ0n) is 11.6. The molecule has 2 nitrogen and oxygen atoms in total. The lowest BCUT2D eigenvalue weighted by Crippen LogP contribution is -2.17. The fourth-order valence-electron chi connectivity index (χ4n) is 2.46. The van der Waals surface area contributed by atoms with Gasteiger partial charge in [0.2, 0.25) is 0 Å². The van der Waals surface area contributed by atoms with E-state index in [1.165, 1.54) is 22.1 Å². The Kier molecular flexibility index (Phi) is 3.48. The molecule has 2 N–H and O–H groups in total. The predicted molar refractivity (Wildman–Crippen MR) is 84.5 cm³/mol. The molecule has 0 spiro atoms. The molecule has 1 heterocycles. The molecule has 0 bridgehead atoms. The molecule has 3 aromatic rings. The summed E-state index contributed by atoms with van der Waals surface area (Å²) in [7, 11) is 0. The van der Waals surface area contributed by atoms with Gasteiger partial charge in [-0.15, -0.1) is 0 Å². The summed E-state index contributed by atoms with van der Waals surface area (Å²) in [6, 6.07) is 19.3. The second-order valence-electron chi connectivity index (χ2n) is 5.29. The van der Waals surface area contributed by atoms with Crippen molar-refractivity contribution in [2.24, 2.45) is 5.73 Å². The largest absolute Gasteiger partial charge is 0.328 e. The third kappa shape index (κ3) is 2.70. The normalized spacial score (nSPS) is 12.5. The van der Waals surface area contributed by atoms with Gasteiger partial charge in [0.25, 0.3) is 0 Å². The first-order valence-corrected chi connectivity index (χ1v) is 6.92. The molecule has 0 radical (unpaired) electrons. The maximum atomic E-state index is 5.83. The van der Waals surface area contributed by atoms with Gasteiger partial charge >= 0.3 is 0 Å². The smallest absolute Gasteiger partial charge is 0.0702 e. The molecule has 1 unspecified atom stereocenters. The van der Waals surface area contributed by atoms with Gasteiger partial charge < -0.3 is 5.73 Å². The van der Waals surface area contributed by atoms with Crippen LogP contribution < -0.4 is 5.73 Å². The van der Waals surface area contributed by atoms with Crippen molar-refractivity contribution >= 4 is 10.9 Å². The van der Waals surface area contributed by atoms with Crippen LogP contribution in [0, 0.1) is 0 Å². The van der Waals surface area contributed by atoms with Crippen LogP contribution in [0.25, 0.3) is 22.0 Å². The zero-order chi connectivity index (χ0) is 13.9. The molecule has 100 valence electrons. The minimum absolute atomic E-state index is 0.201. The van der Waals surface area contributed by atoms with E-state index < -0.39 is 0 Å². The summed E-state index contributed by atoms with van der Waals surface area (Å²) in [6.07, 6.45) is 2.74. The summed E-state index contributed by atoms with van der Waals surface area (Å²) in [5.41, 5.74) is 10.6. The summed E-state index contributed by atoms with van der Waals surface area (Å²) in [6.45, 7) is 2.03. The van der Waals surface area contributed by atoms with Gasteiger partial charge in [-0.1, -0.05) is 36.4 Å². The Bertz CT molecular complexity index is 715. The Labute approximate surface area is 119 Å². The standard InChI is InChI=1S/C18H18N2/c1-13(19)11-14-4-6-15(7-5-14)16-8-9-18-17(12-16)3-2-10-20-18/h2-10,12-13H,11,19H2,1H3. The van der Waals surface area contributed by atoms with Crippen LogP contribution in [0.15, 0.2) is 60.8 Å². The van der Waals surface area contributed by atoms with Crippen LogP contribution in [-0.4, -0.2) is 11.0 Å². The molecule has 0 aliphatic heterocycles. The van der Waals surface area contributed by atoms with E-state index in [1.807, 2.05) is 19.2 Å². The van der Waals surface area contributed by atoms with E-state index in [1.54, 1.807) is 0 Å². The van der Waals surface area contributed by atoms with Crippen molar-refractivity contribution in [3.8, 4) is 11.1 Å². The maximum absolute atomic E-state index is 5.83. The monoisotopic (exact) mass is 262 g/mol. The fraction of sp³-hybridized carbons (Fsp3) is 0.167. The lowest BCUT2D eigenvalue weighted by Gasteiger charge is -2.07. The molecule has 0 amide bonds. The van der Waals surface area contributed by atoms with E-state index in [2.05, 4.69) is 53.5 Å². The Balaban J connectivity index is 1.94. The van der Waals surface area contributed by atoms with Crippen LogP contribution in [0.1, 0.15) is 12.5 Å². The van der Waals surface area contributed by atoms with E-state index in [0.717, 1.165) is 11.9 Å². The number of hydrogen-bond acceptors (Lipinski definition) is 2. The zero-order valence-corrected chi connectivity index (χ0v) is 11.6. The molecule has 0 fully saturated rings. The molecule has 2 heteroatoms. The van der Waals surface area contributed by atoms with E-state index in [-0.39, 0.29) is 6.04 Å². The first kappa shape index (κ1) is 12.8. The van der Waals surface area contributed by atoms with Crippen LogP contribution in [0.4, 0.5) is 0 Å². The van der Waals surface area contributed by atoms with E-state index in [9.17, 15) is 0 Å². The van der Waals surface area contributed by atoms with Crippen LogP contribution in [0.2, 0.25) is 0 Å². The van der Waals surface area contributed by atoms with Gasteiger partial charge in [-0.2, -0.15) is 0 Å². The first-order chi connectivity index (χ1) is 9.72. The highest BCUT2D eigenvalue weighted by Crippen LogP contribution is 2.24. The highest BCUT2D eigenvalue weighted by molar-refractivity contribution is 5.84.